The Bertz CT molecular complexity index is 1310. The number of benzene rings is 1. The van der Waals surface area contributed by atoms with E-state index in [1.807, 2.05) is 37.5 Å². The molecule has 5 heterocycles. The van der Waals surface area contributed by atoms with Crippen molar-refractivity contribution in [1.82, 2.24) is 25.3 Å². The summed E-state index contributed by atoms with van der Waals surface area (Å²) in [6.45, 7) is 1.10. The molecular weight excluding hydrogens is 438 g/mol. The van der Waals surface area contributed by atoms with Crippen molar-refractivity contribution in [3.8, 4) is 17.3 Å². The predicted molar refractivity (Wildman–Crippen MR) is 132 cm³/mol. The van der Waals surface area contributed by atoms with Crippen LogP contribution in [0.4, 0.5) is 5.82 Å². The van der Waals surface area contributed by atoms with Gasteiger partial charge in [0.25, 0.3) is 0 Å². The Labute approximate surface area is 205 Å². The molecular formula is C27H31N7O. The molecule has 0 unspecified atom stereocenters. The van der Waals surface area contributed by atoms with E-state index < -0.39 is 0 Å². The molecule has 3 saturated heterocycles. The zero-order valence-corrected chi connectivity index (χ0v) is 20.0. The molecule has 8 heteroatoms. The van der Waals surface area contributed by atoms with E-state index in [0.717, 1.165) is 41.8 Å². The number of hydrogen-bond donors (Lipinski definition) is 2. The molecule has 7 rings (SSSR count). The van der Waals surface area contributed by atoms with Gasteiger partial charge in [0.1, 0.15) is 6.07 Å². The van der Waals surface area contributed by atoms with Crippen molar-refractivity contribution in [2.75, 3.05) is 11.9 Å². The van der Waals surface area contributed by atoms with Gasteiger partial charge in [-0.1, -0.05) is 6.07 Å². The maximum absolute atomic E-state index is 9.86. The predicted octanol–water partition coefficient (Wildman–Crippen LogP) is 3.64. The molecule has 1 saturated carbocycles. The smallest absolute Gasteiger partial charge is 0.166 e. The van der Waals surface area contributed by atoms with Crippen molar-refractivity contribution in [3.05, 3.63) is 36.0 Å². The third-order valence-electron chi connectivity index (χ3n) is 8.87. The summed E-state index contributed by atoms with van der Waals surface area (Å²) in [5.41, 5.74) is 3.14. The zero-order valence-electron chi connectivity index (χ0n) is 20.0. The second-order valence-corrected chi connectivity index (χ2v) is 11.0. The Balaban J connectivity index is 1.04. The normalized spacial score (nSPS) is 33.3. The van der Waals surface area contributed by atoms with Gasteiger partial charge in [-0.25, -0.2) is 0 Å². The first kappa shape index (κ1) is 21.3. The SMILES string of the molecule is Cn1cc2cc(-c3cc(C#N)c(N[C@H]4C[C@@H]5CN[C@@H](C[C@@H]6C[C@H]7CC[C@H]6O7)[C@H]5C4)nn3)ccc2n1. The van der Waals surface area contributed by atoms with Crippen LogP contribution in [0.1, 0.15) is 44.1 Å². The van der Waals surface area contributed by atoms with Crippen molar-refractivity contribution in [2.24, 2.45) is 24.8 Å². The highest BCUT2D eigenvalue weighted by Gasteiger charge is 2.47. The summed E-state index contributed by atoms with van der Waals surface area (Å²) in [5, 5.41) is 31.7. The Morgan fingerprint density at radius 1 is 1.20 bits per heavy atom. The highest BCUT2D eigenvalue weighted by atomic mass is 16.5. The second-order valence-electron chi connectivity index (χ2n) is 11.0. The van der Waals surface area contributed by atoms with E-state index in [9.17, 15) is 5.26 Å². The topological polar surface area (TPSA) is 101 Å². The van der Waals surface area contributed by atoms with Crippen molar-refractivity contribution in [3.63, 3.8) is 0 Å². The third kappa shape index (κ3) is 3.78. The molecule has 4 aliphatic rings. The van der Waals surface area contributed by atoms with E-state index in [4.69, 9.17) is 4.74 Å². The van der Waals surface area contributed by atoms with E-state index in [1.165, 1.54) is 25.7 Å². The van der Waals surface area contributed by atoms with Crippen molar-refractivity contribution >= 4 is 16.7 Å². The fourth-order valence-corrected chi connectivity index (χ4v) is 7.26. The van der Waals surface area contributed by atoms with Gasteiger partial charge < -0.3 is 15.4 Å². The lowest BCUT2D eigenvalue weighted by Crippen LogP contribution is -2.33. The van der Waals surface area contributed by atoms with Crippen LogP contribution in [0, 0.1) is 29.1 Å². The van der Waals surface area contributed by atoms with Crippen LogP contribution in [0.15, 0.2) is 30.5 Å². The molecule has 0 amide bonds. The molecule has 8 nitrogen and oxygen atoms in total. The maximum atomic E-state index is 9.86. The lowest BCUT2D eigenvalue weighted by atomic mass is 9.81. The van der Waals surface area contributed by atoms with Crippen LogP contribution in [-0.4, -0.2) is 50.8 Å². The van der Waals surface area contributed by atoms with Gasteiger partial charge in [-0.3, -0.25) is 4.68 Å². The van der Waals surface area contributed by atoms with Crippen LogP contribution in [0.25, 0.3) is 22.2 Å². The first-order valence-corrected chi connectivity index (χ1v) is 13.0. The quantitative estimate of drug-likeness (QED) is 0.588. The number of nitrogens with one attached hydrogen (secondary N) is 2. The number of nitriles is 1. The molecule has 180 valence electrons. The summed E-state index contributed by atoms with van der Waals surface area (Å²) in [6.07, 6.45) is 10.3. The average Bonchev–Trinajstić information content (AvgIpc) is 3.67. The van der Waals surface area contributed by atoms with Crippen LogP contribution in [0.3, 0.4) is 0 Å². The number of hydrogen-bond acceptors (Lipinski definition) is 7. The van der Waals surface area contributed by atoms with Crippen molar-refractivity contribution < 1.29 is 4.74 Å². The van der Waals surface area contributed by atoms with Crippen LogP contribution in [-0.2, 0) is 11.8 Å². The minimum absolute atomic E-state index is 0.338. The summed E-state index contributed by atoms with van der Waals surface area (Å²) < 4.78 is 7.91. The highest BCUT2D eigenvalue weighted by molar-refractivity contribution is 5.83. The van der Waals surface area contributed by atoms with E-state index >= 15 is 0 Å². The van der Waals surface area contributed by atoms with Gasteiger partial charge in [-0.05, 0) is 81.0 Å². The fourth-order valence-electron chi connectivity index (χ4n) is 7.26. The van der Waals surface area contributed by atoms with Crippen LogP contribution in [0.2, 0.25) is 0 Å². The first-order chi connectivity index (χ1) is 17.1. The Morgan fingerprint density at radius 2 is 2.14 bits per heavy atom. The number of aryl methyl sites for hydroxylation is 1. The molecule has 2 N–H and O–H groups in total. The third-order valence-corrected chi connectivity index (χ3v) is 8.87. The van der Waals surface area contributed by atoms with Crippen LogP contribution in [0.5, 0.6) is 0 Å². The molecule has 4 fully saturated rings. The Hall–Kier alpha value is -3.02. The lowest BCUT2D eigenvalue weighted by molar-refractivity contribution is 0.0887. The maximum Gasteiger partial charge on any atom is 0.166 e. The van der Waals surface area contributed by atoms with Gasteiger partial charge in [0.15, 0.2) is 5.82 Å². The van der Waals surface area contributed by atoms with Gasteiger partial charge in [0, 0.05) is 36.3 Å². The summed E-state index contributed by atoms with van der Waals surface area (Å²) >= 11 is 0. The largest absolute Gasteiger partial charge is 0.375 e. The summed E-state index contributed by atoms with van der Waals surface area (Å²) in [6, 6.07) is 11.1. The number of nitrogens with zero attached hydrogens (tertiary/aromatic N) is 5. The highest BCUT2D eigenvalue weighted by Crippen LogP contribution is 2.46. The van der Waals surface area contributed by atoms with Gasteiger partial charge in [-0.2, -0.15) is 10.4 Å². The molecule has 0 spiro atoms. The van der Waals surface area contributed by atoms with Gasteiger partial charge in [0.05, 0.1) is 29.0 Å². The minimum Gasteiger partial charge on any atom is -0.375 e. The molecule has 35 heavy (non-hydrogen) atoms. The van der Waals surface area contributed by atoms with E-state index in [-0.39, 0.29) is 0 Å². The van der Waals surface area contributed by atoms with E-state index in [0.29, 0.717) is 53.2 Å². The summed E-state index contributed by atoms with van der Waals surface area (Å²) in [7, 11) is 1.91. The Morgan fingerprint density at radius 3 is 2.97 bits per heavy atom. The Kier molecular flexibility index (Phi) is 5.04. The minimum atomic E-state index is 0.338. The molecule has 7 atom stereocenters. The van der Waals surface area contributed by atoms with Crippen LogP contribution >= 0.6 is 0 Å². The van der Waals surface area contributed by atoms with Gasteiger partial charge in [0.2, 0.25) is 0 Å². The van der Waals surface area contributed by atoms with Gasteiger partial charge >= 0.3 is 0 Å². The monoisotopic (exact) mass is 469 g/mol. The average molecular weight is 470 g/mol. The zero-order chi connectivity index (χ0) is 23.5. The molecule has 2 aromatic heterocycles. The summed E-state index contributed by atoms with van der Waals surface area (Å²) in [5.74, 6) is 2.72. The van der Waals surface area contributed by atoms with Crippen molar-refractivity contribution in [2.45, 2.75) is 62.8 Å². The first-order valence-electron chi connectivity index (χ1n) is 13.0. The molecule has 1 aliphatic carbocycles. The summed E-state index contributed by atoms with van der Waals surface area (Å²) in [4.78, 5) is 0. The standard InChI is InChI=1S/C27H31N7O/c1-34-14-19-6-15(2-4-23(19)33-34)24-10-17(12-28)27(32-31-24)30-20-7-18-13-29-25(22(18)11-20)9-16-8-21-3-5-26(16)35-21/h2,4,6,10,14,16,18,20-22,25-26,29H,3,5,7-9,11,13H2,1H3,(H,30,32)/t16-,18+,20-,21+,22-,25-,26+/m0/s1. The van der Waals surface area contributed by atoms with Crippen molar-refractivity contribution in [1.29, 1.82) is 5.26 Å². The number of fused-ring (bicyclic) bond motifs is 4. The molecule has 2 bridgehead atoms. The molecule has 0 radical (unpaired) electrons. The number of rotatable bonds is 5. The lowest BCUT2D eigenvalue weighted by Gasteiger charge is -2.26. The number of ether oxygens (including phenoxy) is 1. The van der Waals surface area contributed by atoms with Crippen LogP contribution < -0.4 is 10.6 Å². The number of anilines is 1. The van der Waals surface area contributed by atoms with Gasteiger partial charge in [-0.15, -0.1) is 10.2 Å². The van der Waals surface area contributed by atoms with E-state index in [2.05, 4.69) is 32.0 Å². The molecule has 3 aromatic rings. The number of aromatic nitrogens is 4. The molecule has 3 aliphatic heterocycles. The molecule has 1 aromatic carbocycles. The fraction of sp³-hybridized carbons (Fsp3) is 0.556. The second kappa shape index (κ2) is 8.28. The van der Waals surface area contributed by atoms with E-state index in [1.54, 1.807) is 4.68 Å².